The fourth-order valence-electron chi connectivity index (χ4n) is 3.62. The molecule has 0 aliphatic carbocycles. The van der Waals surface area contributed by atoms with Crippen molar-refractivity contribution in [3.63, 3.8) is 0 Å². The number of amides is 1. The van der Waals surface area contributed by atoms with Crippen LogP contribution in [0.15, 0.2) is 32.2 Å². The van der Waals surface area contributed by atoms with Crippen LogP contribution in [0.1, 0.15) is 33.3 Å². The van der Waals surface area contributed by atoms with Crippen LogP contribution >= 0.6 is 35.7 Å². The van der Waals surface area contributed by atoms with Crippen molar-refractivity contribution in [2.75, 3.05) is 25.2 Å². The van der Waals surface area contributed by atoms with Gasteiger partial charge in [0.05, 0.1) is 40.7 Å². The van der Waals surface area contributed by atoms with Crippen LogP contribution in [0, 0.1) is 0 Å². The van der Waals surface area contributed by atoms with E-state index < -0.39 is 29.6 Å². The monoisotopic (exact) mass is 561 g/mol. The maximum atomic E-state index is 13.6. The van der Waals surface area contributed by atoms with Crippen molar-refractivity contribution >= 4 is 69.7 Å². The van der Waals surface area contributed by atoms with Crippen LogP contribution in [0.25, 0.3) is 5.57 Å². The molecule has 36 heavy (non-hydrogen) atoms. The molecule has 7 nitrogen and oxygen atoms in total. The average molecular weight is 562 g/mol. The summed E-state index contributed by atoms with van der Waals surface area (Å²) < 4.78 is 56.5. The second-order valence-electron chi connectivity index (χ2n) is 7.88. The van der Waals surface area contributed by atoms with Gasteiger partial charge in [-0.3, -0.25) is 9.69 Å². The Balaban J connectivity index is 2.27. The zero-order valence-electron chi connectivity index (χ0n) is 19.9. The molecule has 194 valence electrons. The van der Waals surface area contributed by atoms with E-state index in [9.17, 15) is 27.6 Å². The lowest BCUT2D eigenvalue weighted by atomic mass is 9.83. The Bertz CT molecular complexity index is 1170. The minimum absolute atomic E-state index is 0.0124. The molecule has 0 radical (unpaired) electrons. The van der Waals surface area contributed by atoms with E-state index >= 15 is 0 Å². The predicted octanol–water partition coefficient (Wildman–Crippen LogP) is 5.24. The summed E-state index contributed by atoms with van der Waals surface area (Å²) in [5.74, 6) is -3.25. The smallest absolute Gasteiger partial charge is 0.471 e. The van der Waals surface area contributed by atoms with Crippen molar-refractivity contribution in [1.29, 1.82) is 0 Å². The maximum Gasteiger partial charge on any atom is 0.471 e. The zero-order valence-corrected chi connectivity index (χ0v) is 22.4. The molecule has 0 atom stereocenters. The van der Waals surface area contributed by atoms with Crippen LogP contribution in [0.4, 0.5) is 18.9 Å². The summed E-state index contributed by atoms with van der Waals surface area (Å²) in [6.45, 7) is 6.17. The third kappa shape index (κ3) is 5.00. The van der Waals surface area contributed by atoms with Gasteiger partial charge in [-0.2, -0.15) is 13.2 Å². The quantitative estimate of drug-likeness (QED) is 0.272. The minimum atomic E-state index is -5.15. The van der Waals surface area contributed by atoms with E-state index in [1.807, 2.05) is 0 Å². The maximum absolute atomic E-state index is 13.6. The van der Waals surface area contributed by atoms with Crippen molar-refractivity contribution in [3.8, 4) is 5.75 Å². The first-order chi connectivity index (χ1) is 16.8. The third-order valence-electron chi connectivity index (χ3n) is 5.22. The number of methoxy groups -OCH3 is 1. The van der Waals surface area contributed by atoms with Crippen LogP contribution < -0.4 is 9.64 Å². The number of nitrogens with zero attached hydrogens (tertiary/aromatic N) is 1. The molecule has 3 rings (SSSR count). The molecule has 0 saturated carbocycles. The van der Waals surface area contributed by atoms with E-state index in [2.05, 4.69) is 0 Å². The first-order valence-electron chi connectivity index (χ1n) is 10.6. The standard InChI is InChI=1S/C23H22F3NO6S3/c1-6-32-18(28)15-16(19(29)33-7-2)36-20(35-15)14-12-10-11(31-5)8-9-13(12)27(21(30)23(24,25)26)22(3,4)17(14)34/h8-10H,6-7H2,1-5H3. The number of hydrogen-bond acceptors (Lipinski definition) is 9. The van der Waals surface area contributed by atoms with Crippen LogP contribution in [-0.4, -0.2) is 54.7 Å². The fraction of sp³-hybridized carbons (Fsp3) is 0.391. The molecule has 0 unspecified atom stereocenters. The van der Waals surface area contributed by atoms with Gasteiger partial charge in [0.15, 0.2) is 0 Å². The highest BCUT2D eigenvalue weighted by Gasteiger charge is 2.53. The topological polar surface area (TPSA) is 82.1 Å². The first kappa shape index (κ1) is 28.1. The molecule has 2 heterocycles. The SMILES string of the molecule is CCOC(=O)C1=C(C(=O)OCC)SC(=C2C(=S)C(C)(C)N(C(=O)C(F)(F)F)c3ccc(OC)cc32)S1. The number of ether oxygens (including phenoxy) is 3. The summed E-state index contributed by atoms with van der Waals surface area (Å²) in [4.78, 5) is 38.4. The van der Waals surface area contributed by atoms with E-state index in [0.29, 0.717) is 20.5 Å². The summed E-state index contributed by atoms with van der Waals surface area (Å²) in [5, 5.41) is 0. The van der Waals surface area contributed by atoms with Gasteiger partial charge in [0.1, 0.15) is 15.6 Å². The van der Waals surface area contributed by atoms with E-state index in [4.69, 9.17) is 26.4 Å². The molecule has 1 aromatic rings. The van der Waals surface area contributed by atoms with E-state index in [0.717, 1.165) is 23.5 Å². The molecule has 0 saturated heterocycles. The number of carbonyl (C=O) groups excluding carboxylic acids is 3. The Morgan fingerprint density at radius 3 is 2.00 bits per heavy atom. The zero-order chi connectivity index (χ0) is 27.0. The predicted molar refractivity (Wildman–Crippen MR) is 136 cm³/mol. The van der Waals surface area contributed by atoms with Crippen LogP contribution in [0.5, 0.6) is 5.75 Å². The summed E-state index contributed by atoms with van der Waals surface area (Å²) >= 11 is 7.48. The van der Waals surface area contributed by atoms with Crippen molar-refractivity contribution in [3.05, 3.63) is 37.8 Å². The number of esters is 2. The highest BCUT2D eigenvalue weighted by molar-refractivity contribution is 8.29. The fourth-order valence-corrected chi connectivity index (χ4v) is 6.61. The number of benzene rings is 1. The first-order valence-corrected chi connectivity index (χ1v) is 12.7. The average Bonchev–Trinajstić information content (AvgIpc) is 3.24. The van der Waals surface area contributed by atoms with Gasteiger partial charge in [0.2, 0.25) is 0 Å². The van der Waals surface area contributed by atoms with Crippen molar-refractivity contribution in [1.82, 2.24) is 0 Å². The largest absolute Gasteiger partial charge is 0.497 e. The van der Waals surface area contributed by atoms with Crippen LogP contribution in [0.2, 0.25) is 0 Å². The molecule has 2 aliphatic rings. The number of fused-ring (bicyclic) bond motifs is 1. The Labute approximate surface area is 219 Å². The lowest BCUT2D eigenvalue weighted by Crippen LogP contribution is -2.59. The lowest BCUT2D eigenvalue weighted by Gasteiger charge is -2.45. The molecule has 13 heteroatoms. The summed E-state index contributed by atoms with van der Waals surface area (Å²) in [7, 11) is 1.39. The van der Waals surface area contributed by atoms with Gasteiger partial charge in [0.25, 0.3) is 0 Å². The number of rotatable bonds is 5. The van der Waals surface area contributed by atoms with Gasteiger partial charge in [-0.05, 0) is 45.9 Å². The van der Waals surface area contributed by atoms with Gasteiger partial charge in [0, 0.05) is 11.1 Å². The Kier molecular flexibility index (Phi) is 8.16. The number of carbonyl (C=O) groups is 3. The Morgan fingerprint density at radius 1 is 1.03 bits per heavy atom. The van der Waals surface area contributed by atoms with E-state index in [1.54, 1.807) is 13.8 Å². The summed E-state index contributed by atoms with van der Waals surface area (Å²) in [5.41, 5.74) is -1.11. The molecular weight excluding hydrogens is 539 g/mol. The molecule has 0 N–H and O–H groups in total. The van der Waals surface area contributed by atoms with Crippen LogP contribution in [0.3, 0.4) is 0 Å². The second-order valence-corrected chi connectivity index (χ2v) is 10.6. The van der Waals surface area contributed by atoms with Gasteiger partial charge >= 0.3 is 24.0 Å². The van der Waals surface area contributed by atoms with Crippen molar-refractivity contribution in [2.45, 2.75) is 39.4 Å². The molecule has 0 spiro atoms. The van der Waals surface area contributed by atoms with Gasteiger partial charge < -0.3 is 14.2 Å². The summed E-state index contributed by atoms with van der Waals surface area (Å²) in [6.07, 6.45) is -5.15. The second kappa shape index (κ2) is 10.5. The van der Waals surface area contributed by atoms with Gasteiger partial charge in [-0.1, -0.05) is 35.7 Å². The number of thiocarbonyl (C=S) groups is 1. The normalized spacial score (nSPS) is 17.2. The van der Waals surface area contributed by atoms with Gasteiger partial charge in [-0.15, -0.1) is 0 Å². The number of anilines is 1. The molecule has 0 aromatic heterocycles. The molecule has 1 amide bonds. The van der Waals surface area contributed by atoms with Gasteiger partial charge in [-0.25, -0.2) is 9.59 Å². The van der Waals surface area contributed by atoms with E-state index in [1.165, 1.54) is 39.2 Å². The number of alkyl halides is 3. The summed E-state index contributed by atoms with van der Waals surface area (Å²) in [6, 6.07) is 4.24. The molecule has 2 aliphatic heterocycles. The van der Waals surface area contributed by atoms with Crippen LogP contribution in [-0.2, 0) is 23.9 Å². The molecular formula is C23H22F3NO6S3. The molecule has 1 aromatic carbocycles. The molecule has 0 fully saturated rings. The third-order valence-corrected chi connectivity index (χ3v) is 8.48. The highest BCUT2D eigenvalue weighted by atomic mass is 32.2. The minimum Gasteiger partial charge on any atom is -0.497 e. The van der Waals surface area contributed by atoms with E-state index in [-0.39, 0.29) is 39.1 Å². The molecule has 0 bridgehead atoms. The number of hydrogen-bond donors (Lipinski definition) is 0. The Hall–Kier alpha value is -2.51. The van der Waals surface area contributed by atoms with Crippen molar-refractivity contribution in [2.24, 2.45) is 0 Å². The number of halogens is 3. The lowest BCUT2D eigenvalue weighted by molar-refractivity contribution is -0.171. The number of thioether (sulfide) groups is 2. The Morgan fingerprint density at radius 2 is 1.56 bits per heavy atom. The highest BCUT2D eigenvalue weighted by Crippen LogP contribution is 2.56. The van der Waals surface area contributed by atoms with Crippen molar-refractivity contribution < 1.29 is 41.8 Å².